The number of benzene rings is 2. The van der Waals surface area contributed by atoms with Crippen LogP contribution in [0.25, 0.3) is 0 Å². The predicted octanol–water partition coefficient (Wildman–Crippen LogP) is 1.47. The largest absolute Gasteiger partial charge is 0.387 e. The van der Waals surface area contributed by atoms with Gasteiger partial charge in [-0.25, -0.2) is 0 Å². The van der Waals surface area contributed by atoms with Crippen LogP contribution in [0.5, 0.6) is 0 Å². The van der Waals surface area contributed by atoms with Gasteiger partial charge in [-0.15, -0.1) is 18.2 Å². The maximum Gasteiger partial charge on any atom is 0.247 e. The number of ether oxygens (including phenoxy) is 2. The van der Waals surface area contributed by atoms with Crippen LogP contribution < -0.4 is 5.32 Å². The number of carbonyl (C=O) groups excluding carboxylic acids is 3. The number of rotatable bonds is 14. The minimum absolute atomic E-state index is 0.0589. The van der Waals surface area contributed by atoms with Crippen molar-refractivity contribution in [3.8, 4) is 12.3 Å². The van der Waals surface area contributed by atoms with Crippen LogP contribution in [0, 0.1) is 19.3 Å². The zero-order valence-electron chi connectivity index (χ0n) is 30.2. The topological polar surface area (TPSA) is 152 Å². The molecular formula is C38H52N4O8S. The Morgan fingerprint density at radius 2 is 1.71 bits per heavy atom. The van der Waals surface area contributed by atoms with Crippen molar-refractivity contribution < 1.29 is 39.2 Å². The fourth-order valence-corrected chi connectivity index (χ4v) is 6.88. The smallest absolute Gasteiger partial charge is 0.247 e. The molecule has 278 valence electrons. The second-order valence-corrected chi connectivity index (χ2v) is 14.7. The summed E-state index contributed by atoms with van der Waals surface area (Å²) in [7, 11) is 1.67. The van der Waals surface area contributed by atoms with Gasteiger partial charge < -0.3 is 39.9 Å². The van der Waals surface area contributed by atoms with Crippen molar-refractivity contribution in [2.45, 2.75) is 75.6 Å². The van der Waals surface area contributed by atoms with Crippen molar-refractivity contribution >= 4 is 29.5 Å². The molecule has 0 aromatic heterocycles. The first-order chi connectivity index (χ1) is 24.2. The normalized spacial score (nSPS) is 22.6. The van der Waals surface area contributed by atoms with Gasteiger partial charge in [-0.1, -0.05) is 48.4 Å². The molecule has 13 heteroatoms. The van der Waals surface area contributed by atoms with Crippen LogP contribution in [0.3, 0.4) is 0 Å². The lowest BCUT2D eigenvalue weighted by molar-refractivity contribution is -0.200. The number of aliphatic hydroxyl groups is 3. The highest BCUT2D eigenvalue weighted by molar-refractivity contribution is 7.99. The molecule has 0 unspecified atom stereocenters. The summed E-state index contributed by atoms with van der Waals surface area (Å²) in [6, 6.07) is 13.8. The third-order valence-electron chi connectivity index (χ3n) is 9.42. The van der Waals surface area contributed by atoms with Gasteiger partial charge >= 0.3 is 0 Å². The Balaban J connectivity index is 1.20. The molecule has 4 N–H and O–H groups in total. The van der Waals surface area contributed by atoms with Crippen molar-refractivity contribution in [1.82, 2.24) is 20.0 Å². The van der Waals surface area contributed by atoms with Crippen LogP contribution >= 0.6 is 11.8 Å². The van der Waals surface area contributed by atoms with Crippen LogP contribution in [0.1, 0.15) is 54.2 Å². The van der Waals surface area contributed by atoms with E-state index < -0.39 is 35.4 Å². The Morgan fingerprint density at radius 1 is 1.04 bits per heavy atom. The standard InChI is InChI=1S/C38H52N4O8S/c1-7-15-40(5)31(44)23-41-16-18-42(19-17-41)37(48)38(3,4)39-30(43)14-20-49-24-27-11-9-26(10-12-27)21-29-22-28(13-8-25(29)2)35-33(46)32(45)34(47)36(50-35)51-6/h1,8-13,22,32-36,45-47H,14-21,23-24H2,2-6H3,(H,39,43)/t32-,33-,34+,35+,36-/m1/s1. The second-order valence-electron chi connectivity index (χ2n) is 13.8. The Hall–Kier alpha value is -3.48. The number of likely N-dealkylation sites (N-methyl/N-ethyl adjacent to an activating group) is 1. The van der Waals surface area contributed by atoms with Gasteiger partial charge in [0.15, 0.2) is 0 Å². The minimum atomic E-state index is -1.30. The van der Waals surface area contributed by atoms with E-state index in [2.05, 4.69) is 11.2 Å². The van der Waals surface area contributed by atoms with Crippen molar-refractivity contribution in [3.05, 3.63) is 70.3 Å². The molecular weight excluding hydrogens is 673 g/mol. The lowest BCUT2D eigenvalue weighted by atomic mass is 9.91. The molecule has 0 spiro atoms. The lowest BCUT2D eigenvalue weighted by Crippen LogP contribution is -2.60. The quantitative estimate of drug-likeness (QED) is 0.167. The molecule has 2 aromatic rings. The number of thioether (sulfide) groups is 1. The molecule has 0 bridgehead atoms. The number of nitrogens with one attached hydrogen (secondary N) is 1. The van der Waals surface area contributed by atoms with Gasteiger partial charge in [-0.05, 0) is 61.3 Å². The maximum absolute atomic E-state index is 13.2. The number of aliphatic hydroxyl groups excluding tert-OH is 3. The lowest BCUT2D eigenvalue weighted by Gasteiger charge is -2.40. The van der Waals surface area contributed by atoms with Gasteiger partial charge in [0.1, 0.15) is 35.4 Å². The predicted molar refractivity (Wildman–Crippen MR) is 196 cm³/mol. The zero-order chi connectivity index (χ0) is 37.3. The Morgan fingerprint density at radius 3 is 2.35 bits per heavy atom. The first-order valence-electron chi connectivity index (χ1n) is 17.2. The number of nitrogens with zero attached hydrogens (tertiary/aromatic N) is 3. The molecule has 12 nitrogen and oxygen atoms in total. The number of hydrogen-bond donors (Lipinski definition) is 4. The maximum atomic E-state index is 13.2. The molecule has 51 heavy (non-hydrogen) atoms. The Labute approximate surface area is 305 Å². The third kappa shape index (κ3) is 10.8. The summed E-state index contributed by atoms with van der Waals surface area (Å²) < 4.78 is 11.7. The average Bonchev–Trinajstić information content (AvgIpc) is 3.11. The molecule has 0 radical (unpaired) electrons. The average molecular weight is 725 g/mol. The van der Waals surface area contributed by atoms with E-state index in [1.54, 1.807) is 32.1 Å². The SMILES string of the molecule is C#CCN(C)C(=O)CN1CCN(C(=O)C(C)(C)NC(=O)CCOCc2ccc(Cc3cc([C@@H]4O[C@H](SC)[C@@H](O)[C@H](O)[C@H]4O)ccc3C)cc2)CC1. The Bertz CT molecular complexity index is 1540. The summed E-state index contributed by atoms with van der Waals surface area (Å²) in [4.78, 5) is 43.5. The zero-order valence-corrected chi connectivity index (χ0v) is 31.0. The van der Waals surface area contributed by atoms with Gasteiger partial charge in [0.25, 0.3) is 0 Å². The summed E-state index contributed by atoms with van der Waals surface area (Å²) in [5.74, 6) is 1.96. The highest BCUT2D eigenvalue weighted by Gasteiger charge is 2.44. The van der Waals surface area contributed by atoms with E-state index in [0.717, 1.165) is 27.8 Å². The highest BCUT2D eigenvalue weighted by Crippen LogP contribution is 2.36. The van der Waals surface area contributed by atoms with Crippen LogP contribution in [0.4, 0.5) is 0 Å². The monoisotopic (exact) mass is 724 g/mol. The molecule has 5 atom stereocenters. The first kappa shape index (κ1) is 40.3. The minimum Gasteiger partial charge on any atom is -0.387 e. The van der Waals surface area contributed by atoms with Crippen LogP contribution in [-0.2, 0) is 36.9 Å². The van der Waals surface area contributed by atoms with Crippen molar-refractivity contribution in [2.75, 3.05) is 59.2 Å². The molecule has 2 aliphatic rings. The van der Waals surface area contributed by atoms with Crippen LogP contribution in [-0.4, -0.2) is 136 Å². The van der Waals surface area contributed by atoms with E-state index in [-0.39, 0.29) is 43.8 Å². The van der Waals surface area contributed by atoms with Crippen LogP contribution in [0.2, 0.25) is 0 Å². The van der Waals surface area contributed by atoms with E-state index in [1.165, 1.54) is 16.7 Å². The van der Waals surface area contributed by atoms with Gasteiger partial charge in [-0.3, -0.25) is 19.3 Å². The van der Waals surface area contributed by atoms with E-state index in [1.807, 2.05) is 54.3 Å². The van der Waals surface area contributed by atoms with Gasteiger partial charge in [0, 0.05) is 33.2 Å². The molecule has 3 amide bonds. The van der Waals surface area contributed by atoms with Gasteiger partial charge in [0.2, 0.25) is 17.7 Å². The molecule has 2 aromatic carbocycles. The van der Waals surface area contributed by atoms with Crippen molar-refractivity contribution in [3.63, 3.8) is 0 Å². The number of piperazine rings is 1. The molecule has 0 aliphatic carbocycles. The fourth-order valence-electron chi connectivity index (χ4n) is 6.21. The number of hydrogen-bond acceptors (Lipinski definition) is 10. The van der Waals surface area contributed by atoms with E-state index in [0.29, 0.717) is 39.2 Å². The van der Waals surface area contributed by atoms with Gasteiger partial charge in [0.05, 0.1) is 32.7 Å². The second kappa shape index (κ2) is 18.3. The molecule has 2 fully saturated rings. The Kier molecular flexibility index (Phi) is 14.5. The number of carbonyl (C=O) groups is 3. The molecule has 4 rings (SSSR count). The number of amides is 3. The molecule has 2 aliphatic heterocycles. The van der Waals surface area contributed by atoms with E-state index >= 15 is 0 Å². The van der Waals surface area contributed by atoms with E-state index in [4.69, 9.17) is 15.9 Å². The van der Waals surface area contributed by atoms with Crippen LogP contribution in [0.15, 0.2) is 42.5 Å². The molecule has 2 saturated heterocycles. The third-order valence-corrected chi connectivity index (χ3v) is 10.3. The number of terminal acetylenes is 1. The van der Waals surface area contributed by atoms with E-state index in [9.17, 15) is 29.7 Å². The molecule has 0 saturated carbocycles. The van der Waals surface area contributed by atoms with Gasteiger partial charge in [-0.2, -0.15) is 0 Å². The van der Waals surface area contributed by atoms with Crippen molar-refractivity contribution in [1.29, 1.82) is 0 Å². The first-order valence-corrected chi connectivity index (χ1v) is 18.5. The summed E-state index contributed by atoms with van der Waals surface area (Å²) in [6.45, 7) is 8.50. The fraction of sp³-hybridized carbons (Fsp3) is 0.553. The number of aryl methyl sites for hydroxylation is 1. The highest BCUT2D eigenvalue weighted by atomic mass is 32.2. The summed E-state index contributed by atoms with van der Waals surface area (Å²) in [5, 5.41) is 34.1. The molecule has 2 heterocycles. The summed E-state index contributed by atoms with van der Waals surface area (Å²) in [6.07, 6.45) is 3.36. The summed E-state index contributed by atoms with van der Waals surface area (Å²) in [5.41, 5.74) is 3.18. The van der Waals surface area contributed by atoms with Crippen molar-refractivity contribution in [2.24, 2.45) is 0 Å². The summed E-state index contributed by atoms with van der Waals surface area (Å²) >= 11 is 1.29.